The van der Waals surface area contributed by atoms with Crippen LogP contribution in [0.4, 0.5) is 0 Å². The third-order valence-corrected chi connectivity index (χ3v) is 1.69. The average molecular weight is 138 g/mol. The third-order valence-electron chi connectivity index (χ3n) is 1.69. The summed E-state index contributed by atoms with van der Waals surface area (Å²) in [6.45, 7) is 3.92. The second-order valence-electron chi connectivity index (χ2n) is 2.52. The Labute approximate surface area is 60.8 Å². The summed E-state index contributed by atoms with van der Waals surface area (Å²) in [5.41, 5.74) is 1.10. The van der Waals surface area contributed by atoms with E-state index >= 15 is 0 Å². The highest BCUT2D eigenvalue weighted by molar-refractivity contribution is 5.18. The molecule has 1 atom stereocenters. The lowest BCUT2D eigenvalue weighted by molar-refractivity contribution is -0.506. The van der Waals surface area contributed by atoms with Gasteiger partial charge in [-0.1, -0.05) is 13.0 Å². The fourth-order valence-electron chi connectivity index (χ4n) is 0.881. The van der Waals surface area contributed by atoms with Crippen molar-refractivity contribution in [3.05, 3.63) is 28.8 Å². The molecule has 0 aromatic carbocycles. The highest BCUT2D eigenvalue weighted by Gasteiger charge is 2.17. The Morgan fingerprint density at radius 2 is 2.40 bits per heavy atom. The van der Waals surface area contributed by atoms with Crippen molar-refractivity contribution in [2.45, 2.75) is 26.3 Å². The van der Waals surface area contributed by atoms with Gasteiger partial charge < -0.3 is 0 Å². The predicted octanol–water partition coefficient (Wildman–Crippen LogP) is 2.02. The molecule has 0 aromatic heterocycles. The molecule has 54 valence electrons. The van der Waals surface area contributed by atoms with Crippen LogP contribution in [0.25, 0.3) is 0 Å². The lowest BCUT2D eigenvalue weighted by Crippen LogP contribution is -2.15. The summed E-state index contributed by atoms with van der Waals surface area (Å²) >= 11 is 0. The first-order valence-corrected chi connectivity index (χ1v) is 3.58. The van der Waals surface area contributed by atoms with Crippen LogP contribution in [0.3, 0.4) is 0 Å². The number of hydrogen-bond acceptors (Lipinski definition) is 1. The molecular weight excluding hydrogens is 126 g/mol. The molecule has 1 rings (SSSR count). The second-order valence-corrected chi connectivity index (χ2v) is 2.52. The van der Waals surface area contributed by atoms with Gasteiger partial charge in [0.2, 0.25) is 12.2 Å². The SMILES string of the molecule is CCC1=C[N+](=O)C(C)C=C1. The minimum Gasteiger partial charge on any atom is -0.0611 e. The van der Waals surface area contributed by atoms with Gasteiger partial charge in [0.25, 0.3) is 0 Å². The summed E-state index contributed by atoms with van der Waals surface area (Å²) in [5.74, 6) is 0. The lowest BCUT2D eigenvalue weighted by Gasteiger charge is -2.01. The Morgan fingerprint density at radius 3 is 2.90 bits per heavy atom. The number of nitroso groups, excluding NO2 is 1. The molecule has 2 heteroatoms. The standard InChI is InChI=1S/C8H12NO/c1-3-8-5-4-7(2)9(10)6-8/h4-7H,3H2,1-2H3/q+1. The molecule has 0 radical (unpaired) electrons. The maximum atomic E-state index is 11.0. The molecule has 1 heterocycles. The van der Waals surface area contributed by atoms with Crippen LogP contribution in [0.2, 0.25) is 0 Å². The van der Waals surface area contributed by atoms with Crippen molar-refractivity contribution in [2.24, 2.45) is 0 Å². The van der Waals surface area contributed by atoms with Crippen LogP contribution >= 0.6 is 0 Å². The van der Waals surface area contributed by atoms with Crippen molar-refractivity contribution in [1.29, 1.82) is 0 Å². The van der Waals surface area contributed by atoms with Crippen molar-refractivity contribution in [3.8, 4) is 0 Å². The Bertz CT molecular complexity index is 203. The van der Waals surface area contributed by atoms with E-state index in [9.17, 15) is 4.91 Å². The molecule has 2 nitrogen and oxygen atoms in total. The third kappa shape index (κ3) is 1.32. The zero-order valence-corrected chi connectivity index (χ0v) is 6.37. The van der Waals surface area contributed by atoms with Crippen LogP contribution in [-0.4, -0.2) is 10.8 Å². The van der Waals surface area contributed by atoms with Crippen LogP contribution in [0, 0.1) is 4.91 Å². The molecule has 0 saturated carbocycles. The summed E-state index contributed by atoms with van der Waals surface area (Å²) in [6, 6.07) is 0.00954. The monoisotopic (exact) mass is 138 g/mol. The maximum absolute atomic E-state index is 11.0. The Kier molecular flexibility index (Phi) is 2.00. The van der Waals surface area contributed by atoms with Crippen LogP contribution in [-0.2, 0) is 0 Å². The molecule has 0 fully saturated rings. The van der Waals surface area contributed by atoms with Gasteiger partial charge in [-0.15, -0.1) is 0 Å². The van der Waals surface area contributed by atoms with Gasteiger partial charge in [-0.25, -0.2) is 0 Å². The largest absolute Gasteiger partial charge is 0.224 e. The summed E-state index contributed by atoms with van der Waals surface area (Å²) in [5, 5.41) is 0. The van der Waals surface area contributed by atoms with E-state index in [0.717, 1.165) is 16.8 Å². The Morgan fingerprint density at radius 1 is 1.70 bits per heavy atom. The van der Waals surface area contributed by atoms with E-state index < -0.39 is 0 Å². The molecule has 1 aliphatic rings. The molecule has 0 aliphatic carbocycles. The van der Waals surface area contributed by atoms with Gasteiger partial charge in [0.15, 0.2) is 0 Å². The highest BCUT2D eigenvalue weighted by atomic mass is 16.3. The summed E-state index contributed by atoms with van der Waals surface area (Å²) in [4.78, 5) is 11.0. The zero-order chi connectivity index (χ0) is 7.56. The number of hydrogen-bond donors (Lipinski definition) is 0. The van der Waals surface area contributed by atoms with Gasteiger partial charge in [0, 0.05) is 22.2 Å². The van der Waals surface area contributed by atoms with E-state index in [1.165, 1.54) is 0 Å². The van der Waals surface area contributed by atoms with Crippen molar-refractivity contribution < 1.29 is 4.76 Å². The molecule has 0 N–H and O–H groups in total. The first kappa shape index (κ1) is 7.19. The molecular formula is C8H12NO+. The second kappa shape index (κ2) is 2.78. The molecule has 1 unspecified atom stereocenters. The normalized spacial score (nSPS) is 24.8. The van der Waals surface area contributed by atoms with E-state index in [0.29, 0.717) is 0 Å². The van der Waals surface area contributed by atoms with Gasteiger partial charge in [-0.2, -0.15) is 0 Å². The van der Waals surface area contributed by atoms with E-state index in [1.54, 1.807) is 6.20 Å². The van der Waals surface area contributed by atoms with Crippen molar-refractivity contribution in [2.75, 3.05) is 0 Å². The molecule has 0 saturated heterocycles. The van der Waals surface area contributed by atoms with Crippen molar-refractivity contribution in [1.82, 2.24) is 0 Å². The lowest BCUT2D eigenvalue weighted by atomic mass is 10.1. The highest BCUT2D eigenvalue weighted by Crippen LogP contribution is 2.10. The van der Waals surface area contributed by atoms with Gasteiger partial charge in [0.05, 0.1) is 0 Å². The Hall–Kier alpha value is -0.920. The molecule has 0 amide bonds. The summed E-state index contributed by atoms with van der Waals surface area (Å²) in [6.07, 6.45) is 6.53. The quantitative estimate of drug-likeness (QED) is 0.507. The molecule has 0 spiro atoms. The van der Waals surface area contributed by atoms with E-state index in [-0.39, 0.29) is 6.04 Å². The molecule has 0 bridgehead atoms. The smallest absolute Gasteiger partial charge is 0.0611 e. The fourth-order valence-corrected chi connectivity index (χ4v) is 0.881. The molecule has 10 heavy (non-hydrogen) atoms. The van der Waals surface area contributed by atoms with Gasteiger partial charge in [-0.05, 0) is 12.5 Å². The van der Waals surface area contributed by atoms with E-state index in [1.807, 2.05) is 26.0 Å². The Balaban J connectivity index is 2.76. The van der Waals surface area contributed by atoms with Crippen molar-refractivity contribution >= 4 is 0 Å². The number of rotatable bonds is 1. The number of nitrogens with zero attached hydrogens (tertiary/aromatic N) is 1. The first-order chi connectivity index (χ1) is 4.74. The van der Waals surface area contributed by atoms with Crippen LogP contribution in [0.5, 0.6) is 0 Å². The van der Waals surface area contributed by atoms with Crippen LogP contribution in [0.15, 0.2) is 23.9 Å². The van der Waals surface area contributed by atoms with Crippen LogP contribution < -0.4 is 0 Å². The van der Waals surface area contributed by atoms with E-state index in [4.69, 9.17) is 0 Å². The zero-order valence-electron chi connectivity index (χ0n) is 6.37. The summed E-state index contributed by atoms with van der Waals surface area (Å²) < 4.78 is 0.985. The number of allylic oxidation sites excluding steroid dienone is 2. The van der Waals surface area contributed by atoms with Gasteiger partial charge in [0.1, 0.15) is 0 Å². The maximum Gasteiger partial charge on any atom is 0.224 e. The van der Waals surface area contributed by atoms with Crippen LogP contribution in [0.1, 0.15) is 20.3 Å². The first-order valence-electron chi connectivity index (χ1n) is 3.58. The topological polar surface area (TPSA) is 20.1 Å². The minimum atomic E-state index is 0.00954. The molecule has 0 aromatic rings. The minimum absolute atomic E-state index is 0.00954. The van der Waals surface area contributed by atoms with Gasteiger partial charge >= 0.3 is 0 Å². The van der Waals surface area contributed by atoms with Crippen molar-refractivity contribution in [3.63, 3.8) is 0 Å². The van der Waals surface area contributed by atoms with E-state index in [2.05, 4.69) is 0 Å². The average Bonchev–Trinajstić information content (AvgIpc) is 1.95. The fraction of sp³-hybridized carbons (Fsp3) is 0.500. The molecule has 1 aliphatic heterocycles. The van der Waals surface area contributed by atoms with Gasteiger partial charge in [-0.3, -0.25) is 0 Å². The predicted molar refractivity (Wildman–Crippen MR) is 40.6 cm³/mol. The summed E-state index contributed by atoms with van der Waals surface area (Å²) in [7, 11) is 0.